The number of benzene rings is 2. The van der Waals surface area contributed by atoms with Gasteiger partial charge in [0.2, 0.25) is 20.0 Å². The van der Waals surface area contributed by atoms with Crippen LogP contribution in [0.1, 0.15) is 44.4 Å². The minimum atomic E-state index is -3.27. The number of nitrogens with one attached hydrogen (secondary N) is 2. The molecule has 0 radical (unpaired) electrons. The summed E-state index contributed by atoms with van der Waals surface area (Å²) in [5.74, 6) is 0.323. The molecule has 2 heterocycles. The van der Waals surface area contributed by atoms with Crippen molar-refractivity contribution in [2.75, 3.05) is 19.8 Å². The van der Waals surface area contributed by atoms with Gasteiger partial charge in [-0.2, -0.15) is 0 Å². The quantitative estimate of drug-likeness (QED) is 0.228. The van der Waals surface area contributed by atoms with E-state index in [1.54, 1.807) is 67.6 Å². The van der Waals surface area contributed by atoms with Crippen molar-refractivity contribution in [3.05, 3.63) is 98.6 Å². The van der Waals surface area contributed by atoms with Gasteiger partial charge in [-0.3, -0.25) is 4.79 Å². The molecule has 44 heavy (non-hydrogen) atoms. The molecule has 2 aromatic heterocycles. The number of sulfonamides is 2. The van der Waals surface area contributed by atoms with Crippen LogP contribution in [0.25, 0.3) is 0 Å². The normalized spacial score (nSPS) is 11.2. The number of sulfone groups is 1. The highest BCUT2D eigenvalue weighted by Gasteiger charge is 2.12. The van der Waals surface area contributed by atoms with E-state index in [0.29, 0.717) is 14.0 Å². The number of aryl methyl sites for hydroxylation is 4. The first-order chi connectivity index (χ1) is 20.4. The number of hydrogen-bond acceptors (Lipinski definition) is 9. The summed E-state index contributed by atoms with van der Waals surface area (Å²) in [6, 6.07) is 20.9. The fourth-order valence-corrected chi connectivity index (χ4v) is 7.70. The molecule has 2 aromatic carbocycles. The summed E-state index contributed by atoms with van der Waals surface area (Å²) in [6.45, 7) is 10.9. The van der Waals surface area contributed by atoms with Gasteiger partial charge in [0.1, 0.15) is 4.21 Å². The fourth-order valence-electron chi connectivity index (χ4n) is 3.09. The van der Waals surface area contributed by atoms with E-state index in [9.17, 15) is 30.0 Å². The maximum absolute atomic E-state index is 11.3. The van der Waals surface area contributed by atoms with Gasteiger partial charge >= 0.3 is 0 Å². The number of carbonyl (C=O) groups excluding carboxylic acids is 1. The van der Waals surface area contributed by atoms with E-state index in [1.807, 2.05) is 58.0 Å². The summed E-state index contributed by atoms with van der Waals surface area (Å²) in [5, 5.41) is 0. The van der Waals surface area contributed by atoms with Gasteiger partial charge in [0.15, 0.2) is 15.6 Å². The molecule has 0 unspecified atom stereocenters. The van der Waals surface area contributed by atoms with Crippen molar-refractivity contribution >= 4 is 58.3 Å². The smallest absolute Gasteiger partial charge is 0.249 e. The number of rotatable bonds is 7. The van der Waals surface area contributed by atoms with E-state index >= 15 is 0 Å². The third-order valence-electron chi connectivity index (χ3n) is 5.67. The van der Waals surface area contributed by atoms with Crippen LogP contribution < -0.4 is 9.44 Å². The van der Waals surface area contributed by atoms with Crippen molar-refractivity contribution in [2.45, 2.75) is 55.5 Å². The Morgan fingerprint density at radius 3 is 1.59 bits per heavy atom. The highest BCUT2D eigenvalue weighted by atomic mass is 32.2. The first kappa shape index (κ1) is 39.3. The lowest BCUT2D eigenvalue weighted by molar-refractivity contribution is 0.102. The lowest BCUT2D eigenvalue weighted by Crippen LogP contribution is -2.18. The number of ketones is 1. The van der Waals surface area contributed by atoms with E-state index in [2.05, 4.69) is 9.44 Å². The molecule has 4 aromatic rings. The summed E-state index contributed by atoms with van der Waals surface area (Å²) in [7, 11) is -6.69. The van der Waals surface area contributed by atoms with Crippen LogP contribution in [0.4, 0.5) is 0 Å². The molecule has 2 N–H and O–H groups in total. The van der Waals surface area contributed by atoms with Crippen molar-refractivity contribution in [3.8, 4) is 0 Å². The number of carbonyl (C=O) groups is 1. The predicted molar refractivity (Wildman–Crippen MR) is 181 cm³/mol. The maximum Gasteiger partial charge on any atom is 0.249 e. The monoisotopic (exact) mass is 700 g/mol. The molecule has 242 valence electrons. The second-order valence-electron chi connectivity index (χ2n) is 9.28. The van der Waals surface area contributed by atoms with Crippen LogP contribution in [0.3, 0.4) is 0 Å². The zero-order valence-corrected chi connectivity index (χ0v) is 30.1. The minimum absolute atomic E-state index is 0.160. The number of hydrogen-bond donors (Lipinski definition) is 2. The molecule has 0 bridgehead atoms. The average molecular weight is 701 g/mol. The Kier molecular flexibility index (Phi) is 15.8. The molecule has 0 aliphatic heterocycles. The molecule has 0 aliphatic rings. The van der Waals surface area contributed by atoms with Gasteiger partial charge in [-0.15, -0.1) is 22.7 Å². The minimum Gasteiger partial charge on any atom is -0.294 e. The molecule has 4 rings (SSSR count). The Balaban J connectivity index is 0.000000295. The molecule has 0 amide bonds. The second-order valence-corrected chi connectivity index (χ2v) is 18.1. The van der Waals surface area contributed by atoms with Crippen molar-refractivity contribution < 1.29 is 30.0 Å². The highest BCUT2D eigenvalue weighted by molar-refractivity contribution is 7.91. The third-order valence-corrected chi connectivity index (χ3v) is 12.8. The summed E-state index contributed by atoms with van der Waals surface area (Å²) >= 11 is 2.82. The van der Waals surface area contributed by atoms with E-state index in [1.165, 1.54) is 30.3 Å². The van der Waals surface area contributed by atoms with Crippen LogP contribution in [0.15, 0.2) is 86.8 Å². The van der Waals surface area contributed by atoms with E-state index in [-0.39, 0.29) is 11.5 Å². The maximum atomic E-state index is 11.3. The Labute approximate surface area is 270 Å². The predicted octanol–water partition coefficient (Wildman–Crippen LogP) is 5.92. The first-order valence-corrected chi connectivity index (χ1v) is 19.5. The Morgan fingerprint density at radius 2 is 1.20 bits per heavy atom. The molecule has 9 nitrogen and oxygen atoms in total. The zero-order chi connectivity index (χ0) is 33.7. The van der Waals surface area contributed by atoms with E-state index in [4.69, 9.17) is 0 Å². The van der Waals surface area contributed by atoms with Crippen molar-refractivity contribution in [1.29, 1.82) is 0 Å². The molecular weight excluding hydrogens is 661 g/mol. The molecule has 0 atom stereocenters. The Morgan fingerprint density at radius 1 is 0.659 bits per heavy atom. The van der Waals surface area contributed by atoms with Gasteiger partial charge in [0.25, 0.3) is 0 Å². The van der Waals surface area contributed by atoms with Crippen molar-refractivity contribution in [3.63, 3.8) is 0 Å². The molecule has 0 saturated carbocycles. The topological polar surface area (TPSA) is 144 Å². The summed E-state index contributed by atoms with van der Waals surface area (Å²) in [5.41, 5.74) is 2.01. The second kappa shape index (κ2) is 17.7. The Bertz CT molecular complexity index is 1820. The Hall–Kier alpha value is -2.72. The van der Waals surface area contributed by atoms with Crippen LogP contribution in [-0.2, 0) is 29.9 Å². The molecule has 0 fully saturated rings. The molecule has 0 aliphatic carbocycles. The number of thiophene rings is 2. The lowest BCUT2D eigenvalue weighted by Gasteiger charge is -2.01. The highest BCUT2D eigenvalue weighted by Crippen LogP contribution is 2.19. The first-order valence-electron chi connectivity index (χ1n) is 13.3. The van der Waals surface area contributed by atoms with Gasteiger partial charge in [-0.05, 0) is 103 Å². The van der Waals surface area contributed by atoms with Gasteiger partial charge in [-0.25, -0.2) is 34.7 Å². The van der Waals surface area contributed by atoms with Gasteiger partial charge in [0, 0.05) is 9.75 Å². The third kappa shape index (κ3) is 13.1. The van der Waals surface area contributed by atoms with Crippen LogP contribution in [0, 0.1) is 27.7 Å². The van der Waals surface area contributed by atoms with Crippen LogP contribution >= 0.6 is 22.7 Å². The largest absolute Gasteiger partial charge is 0.294 e. The van der Waals surface area contributed by atoms with Crippen LogP contribution in [0.2, 0.25) is 0 Å². The summed E-state index contributed by atoms with van der Waals surface area (Å²) < 4.78 is 72.2. The van der Waals surface area contributed by atoms with Crippen LogP contribution in [-0.4, -0.2) is 50.9 Å². The van der Waals surface area contributed by atoms with Gasteiger partial charge in [0.05, 0.1) is 20.4 Å². The molecular formula is C30H40N2O7S5. The van der Waals surface area contributed by atoms with Gasteiger partial charge in [-0.1, -0.05) is 36.8 Å². The van der Waals surface area contributed by atoms with Gasteiger partial charge < -0.3 is 0 Å². The zero-order valence-electron chi connectivity index (χ0n) is 26.0. The SMILES string of the molecule is CC(=O)c1ccc(C)s1.CCS(=O)(=O)c1ccc(C)cc1.CNS(=O)(=O)c1ccc(C)s1.CNS(=O)(=O)c1cccc(C)c1. The molecule has 0 saturated heterocycles. The molecule has 0 spiro atoms. The van der Waals surface area contributed by atoms with E-state index in [0.717, 1.165) is 20.9 Å². The van der Waals surface area contributed by atoms with Crippen LogP contribution in [0.5, 0.6) is 0 Å². The molecule has 14 heteroatoms. The summed E-state index contributed by atoms with van der Waals surface area (Å²) in [6.07, 6.45) is 0. The van der Waals surface area contributed by atoms with E-state index < -0.39 is 29.9 Å². The van der Waals surface area contributed by atoms with Crippen molar-refractivity contribution in [1.82, 2.24) is 9.44 Å². The average Bonchev–Trinajstić information content (AvgIpc) is 3.63. The number of Topliss-reactive ketones (excluding diaryl/α,β-unsaturated/α-hetero) is 1. The standard InChI is InChI=1S/C9H12O2S.C8H11NO2S.C7H8OS.C6H9NO2S2/c1-3-12(10,11)9-6-4-8(2)5-7-9;1-7-4-3-5-8(6-7)12(10,11)9-2;1-5-3-4-7(9-5)6(2)8;1-5-3-4-6(10-5)11(8,9)7-2/h4-7H,3H2,1-2H3;3-6,9H,1-2H3;3-4H,1-2H3;3-4,7H,1-2H3. The fraction of sp³-hybridized carbons (Fsp3) is 0.300. The van der Waals surface area contributed by atoms with Crippen molar-refractivity contribution in [2.24, 2.45) is 0 Å². The lowest BCUT2D eigenvalue weighted by atomic mass is 10.2. The summed E-state index contributed by atoms with van der Waals surface area (Å²) in [4.78, 5) is 14.4.